The van der Waals surface area contributed by atoms with Gasteiger partial charge < -0.3 is 10.3 Å². The SMILES string of the molecule is CC1(C)CCC(Nc2nc[nH]c(=O)c2Cl)CC1. The fraction of sp³-hybridized carbons (Fsp3) is 0.667. The minimum atomic E-state index is -0.291. The van der Waals surface area contributed by atoms with Crippen molar-refractivity contribution in [2.75, 3.05) is 5.32 Å². The number of rotatable bonds is 2. The summed E-state index contributed by atoms with van der Waals surface area (Å²) in [6.07, 6.45) is 5.94. The van der Waals surface area contributed by atoms with Crippen molar-refractivity contribution in [2.24, 2.45) is 5.41 Å². The molecule has 0 radical (unpaired) electrons. The lowest BCUT2D eigenvalue weighted by Gasteiger charge is -2.34. The summed E-state index contributed by atoms with van der Waals surface area (Å²) in [5.74, 6) is 0.500. The largest absolute Gasteiger partial charge is 0.366 e. The molecule has 0 saturated heterocycles. The highest BCUT2D eigenvalue weighted by molar-refractivity contribution is 6.32. The second-order valence-corrected chi connectivity index (χ2v) is 5.86. The van der Waals surface area contributed by atoms with Gasteiger partial charge in [0, 0.05) is 6.04 Å². The number of hydrogen-bond donors (Lipinski definition) is 2. The Morgan fingerprint density at radius 3 is 2.76 bits per heavy atom. The number of nitrogens with one attached hydrogen (secondary N) is 2. The van der Waals surface area contributed by atoms with Crippen molar-refractivity contribution in [3.8, 4) is 0 Å². The van der Waals surface area contributed by atoms with Gasteiger partial charge in [-0.3, -0.25) is 4.79 Å². The van der Waals surface area contributed by atoms with Crippen LogP contribution in [0.15, 0.2) is 11.1 Å². The molecule has 0 amide bonds. The summed E-state index contributed by atoms with van der Waals surface area (Å²) in [6, 6.07) is 0.370. The van der Waals surface area contributed by atoms with Crippen LogP contribution in [0.5, 0.6) is 0 Å². The molecule has 0 bridgehead atoms. The lowest BCUT2D eigenvalue weighted by Crippen LogP contribution is -2.30. The molecule has 1 heterocycles. The average Bonchev–Trinajstić information content (AvgIpc) is 2.27. The molecule has 0 spiro atoms. The van der Waals surface area contributed by atoms with Crippen LogP contribution >= 0.6 is 11.6 Å². The summed E-state index contributed by atoms with van der Waals surface area (Å²) in [7, 11) is 0. The maximum absolute atomic E-state index is 11.3. The molecule has 17 heavy (non-hydrogen) atoms. The first-order chi connectivity index (χ1) is 7.98. The highest BCUT2D eigenvalue weighted by Gasteiger charge is 2.27. The van der Waals surface area contributed by atoms with E-state index in [0.717, 1.165) is 12.8 Å². The Morgan fingerprint density at radius 1 is 1.47 bits per heavy atom. The number of aromatic amines is 1. The fourth-order valence-electron chi connectivity index (χ4n) is 2.22. The number of H-pyrrole nitrogens is 1. The molecule has 4 nitrogen and oxygen atoms in total. The van der Waals surface area contributed by atoms with Crippen LogP contribution in [-0.2, 0) is 0 Å². The van der Waals surface area contributed by atoms with Crippen molar-refractivity contribution in [3.63, 3.8) is 0 Å². The lowest BCUT2D eigenvalue weighted by molar-refractivity contribution is 0.232. The van der Waals surface area contributed by atoms with Gasteiger partial charge in [-0.2, -0.15) is 0 Å². The number of hydrogen-bond acceptors (Lipinski definition) is 3. The first-order valence-corrected chi connectivity index (χ1v) is 6.35. The van der Waals surface area contributed by atoms with Gasteiger partial charge in [0.1, 0.15) is 5.02 Å². The van der Waals surface area contributed by atoms with Crippen LogP contribution in [-0.4, -0.2) is 16.0 Å². The van der Waals surface area contributed by atoms with Crippen LogP contribution in [0.2, 0.25) is 5.02 Å². The molecule has 94 valence electrons. The predicted molar refractivity (Wildman–Crippen MR) is 69.5 cm³/mol. The Hall–Kier alpha value is -1.03. The summed E-state index contributed by atoms with van der Waals surface area (Å²) in [5.41, 5.74) is 0.143. The van der Waals surface area contributed by atoms with E-state index in [1.54, 1.807) is 0 Å². The van der Waals surface area contributed by atoms with Crippen LogP contribution in [0.4, 0.5) is 5.82 Å². The second kappa shape index (κ2) is 4.69. The van der Waals surface area contributed by atoms with Crippen LogP contribution in [0.25, 0.3) is 0 Å². The maximum atomic E-state index is 11.3. The molecule has 1 aromatic heterocycles. The molecule has 0 aliphatic heterocycles. The summed E-state index contributed by atoms with van der Waals surface area (Å²) in [5, 5.41) is 3.41. The van der Waals surface area contributed by atoms with E-state index in [0.29, 0.717) is 17.3 Å². The van der Waals surface area contributed by atoms with E-state index in [2.05, 4.69) is 29.1 Å². The van der Waals surface area contributed by atoms with Crippen molar-refractivity contribution in [3.05, 3.63) is 21.7 Å². The number of nitrogens with zero attached hydrogens (tertiary/aromatic N) is 1. The minimum absolute atomic E-state index is 0.150. The summed E-state index contributed by atoms with van der Waals surface area (Å²) in [6.45, 7) is 4.59. The van der Waals surface area contributed by atoms with E-state index in [4.69, 9.17) is 11.6 Å². The molecule has 2 rings (SSSR count). The van der Waals surface area contributed by atoms with Crippen molar-refractivity contribution >= 4 is 17.4 Å². The van der Waals surface area contributed by atoms with E-state index >= 15 is 0 Å². The fourth-order valence-corrected chi connectivity index (χ4v) is 2.38. The molecular weight excluding hydrogens is 238 g/mol. The van der Waals surface area contributed by atoms with Crippen molar-refractivity contribution in [1.29, 1.82) is 0 Å². The molecule has 5 heteroatoms. The summed E-state index contributed by atoms with van der Waals surface area (Å²) >= 11 is 5.90. The van der Waals surface area contributed by atoms with Crippen LogP contribution in [0, 0.1) is 5.41 Å². The molecule has 0 aromatic carbocycles. The average molecular weight is 256 g/mol. The maximum Gasteiger partial charge on any atom is 0.271 e. The van der Waals surface area contributed by atoms with Gasteiger partial charge in [-0.25, -0.2) is 4.98 Å². The molecular formula is C12H18ClN3O. The standard InChI is InChI=1S/C12H18ClN3O/c1-12(2)5-3-8(4-6-12)16-10-9(13)11(17)15-7-14-10/h7-8H,3-6H2,1-2H3,(H2,14,15,16,17). The number of halogens is 1. The van der Waals surface area contributed by atoms with Gasteiger partial charge in [-0.05, 0) is 31.1 Å². The highest BCUT2D eigenvalue weighted by atomic mass is 35.5. The van der Waals surface area contributed by atoms with Gasteiger partial charge in [0.25, 0.3) is 5.56 Å². The molecule has 0 atom stereocenters. The molecule has 1 saturated carbocycles. The summed E-state index contributed by atoms with van der Waals surface area (Å²) < 4.78 is 0. The van der Waals surface area contributed by atoms with E-state index in [1.807, 2.05) is 0 Å². The third-order valence-electron chi connectivity index (χ3n) is 3.48. The van der Waals surface area contributed by atoms with Crippen molar-refractivity contribution < 1.29 is 0 Å². The normalized spacial score (nSPS) is 20.2. The third-order valence-corrected chi connectivity index (χ3v) is 3.83. The Morgan fingerprint density at radius 2 is 2.12 bits per heavy atom. The number of anilines is 1. The zero-order chi connectivity index (χ0) is 12.5. The quantitative estimate of drug-likeness (QED) is 0.854. The second-order valence-electron chi connectivity index (χ2n) is 5.48. The van der Waals surface area contributed by atoms with Gasteiger partial charge in [0.2, 0.25) is 0 Å². The molecule has 1 fully saturated rings. The van der Waals surface area contributed by atoms with Crippen molar-refractivity contribution in [2.45, 2.75) is 45.6 Å². The van der Waals surface area contributed by atoms with Crippen LogP contribution < -0.4 is 10.9 Å². The molecule has 1 aliphatic rings. The molecule has 1 aromatic rings. The highest BCUT2D eigenvalue weighted by Crippen LogP contribution is 2.36. The van der Waals surface area contributed by atoms with Gasteiger partial charge in [-0.15, -0.1) is 0 Å². The Labute approximate surface area is 106 Å². The van der Waals surface area contributed by atoms with Crippen LogP contribution in [0.1, 0.15) is 39.5 Å². The Balaban J connectivity index is 2.03. The predicted octanol–water partition coefficient (Wildman–Crippen LogP) is 2.80. The van der Waals surface area contributed by atoms with E-state index in [1.165, 1.54) is 19.2 Å². The third kappa shape index (κ3) is 3.00. The van der Waals surface area contributed by atoms with Gasteiger partial charge in [0.05, 0.1) is 6.33 Å². The zero-order valence-electron chi connectivity index (χ0n) is 10.2. The molecule has 2 N–H and O–H groups in total. The first-order valence-electron chi connectivity index (χ1n) is 5.98. The van der Waals surface area contributed by atoms with Crippen molar-refractivity contribution in [1.82, 2.24) is 9.97 Å². The topological polar surface area (TPSA) is 57.8 Å². The Kier molecular flexibility index (Phi) is 3.43. The lowest BCUT2D eigenvalue weighted by atomic mass is 9.75. The van der Waals surface area contributed by atoms with E-state index in [9.17, 15) is 4.79 Å². The van der Waals surface area contributed by atoms with Gasteiger partial charge in [-0.1, -0.05) is 25.4 Å². The molecule has 1 aliphatic carbocycles. The Bertz CT molecular complexity index is 445. The van der Waals surface area contributed by atoms with E-state index in [-0.39, 0.29) is 10.6 Å². The first kappa shape index (κ1) is 12.4. The van der Waals surface area contributed by atoms with Gasteiger partial charge in [0.15, 0.2) is 5.82 Å². The summed E-state index contributed by atoms with van der Waals surface area (Å²) in [4.78, 5) is 17.8. The van der Waals surface area contributed by atoms with Crippen LogP contribution in [0.3, 0.4) is 0 Å². The minimum Gasteiger partial charge on any atom is -0.366 e. The monoisotopic (exact) mass is 255 g/mol. The van der Waals surface area contributed by atoms with Gasteiger partial charge >= 0.3 is 0 Å². The number of aromatic nitrogens is 2. The van der Waals surface area contributed by atoms with E-state index < -0.39 is 0 Å². The zero-order valence-corrected chi connectivity index (χ0v) is 11.0. The smallest absolute Gasteiger partial charge is 0.271 e. The molecule has 0 unspecified atom stereocenters.